The number of nitrogens with one attached hydrogen (secondary N) is 1. The molecule has 2 aromatic carbocycles. The summed E-state index contributed by atoms with van der Waals surface area (Å²) in [5.74, 6) is -2.43. The second kappa shape index (κ2) is 13.7. The van der Waals surface area contributed by atoms with E-state index < -0.39 is 54.3 Å². The lowest BCUT2D eigenvalue weighted by molar-refractivity contribution is -0.179. The third-order valence-electron chi connectivity index (χ3n) is 6.86. The van der Waals surface area contributed by atoms with Gasteiger partial charge in [-0.3, -0.25) is 19.3 Å². The minimum Gasteiger partial charge on any atom is -0.508 e. The molecule has 0 spiro atoms. The lowest BCUT2D eigenvalue weighted by Gasteiger charge is -2.39. The number of likely N-dealkylation sites (tertiary alicyclic amines) is 1. The van der Waals surface area contributed by atoms with E-state index in [2.05, 4.69) is 5.32 Å². The second-order valence-corrected chi connectivity index (χ2v) is 11.2. The highest BCUT2D eigenvalue weighted by atomic mass is 16.6. The van der Waals surface area contributed by atoms with Gasteiger partial charge in [0.05, 0.1) is 12.6 Å². The van der Waals surface area contributed by atoms with Gasteiger partial charge in [-0.2, -0.15) is 0 Å². The molecule has 4 N–H and O–H groups in total. The molecule has 3 atom stereocenters. The van der Waals surface area contributed by atoms with Gasteiger partial charge < -0.3 is 25.4 Å². The number of phenols is 1. The van der Waals surface area contributed by atoms with E-state index in [1.807, 2.05) is 0 Å². The summed E-state index contributed by atoms with van der Waals surface area (Å²) in [5.41, 5.74) is 0.184. The van der Waals surface area contributed by atoms with E-state index in [1.54, 1.807) is 51.1 Å². The second-order valence-electron chi connectivity index (χ2n) is 11.2. The van der Waals surface area contributed by atoms with Gasteiger partial charge >= 0.3 is 6.09 Å². The van der Waals surface area contributed by atoms with Crippen molar-refractivity contribution < 1.29 is 39.2 Å². The van der Waals surface area contributed by atoms with Crippen molar-refractivity contribution in [3.63, 3.8) is 0 Å². The van der Waals surface area contributed by atoms with Gasteiger partial charge in [0.15, 0.2) is 0 Å². The number of aliphatic hydroxyl groups is 2. The van der Waals surface area contributed by atoms with Gasteiger partial charge in [0, 0.05) is 17.7 Å². The van der Waals surface area contributed by atoms with E-state index in [0.29, 0.717) is 12.0 Å². The maximum Gasteiger partial charge on any atom is 0.410 e. The number of ether oxygens (including phenoxy) is 1. The lowest BCUT2D eigenvalue weighted by Crippen LogP contribution is -2.61. The molecule has 0 aliphatic carbocycles. The van der Waals surface area contributed by atoms with E-state index in [-0.39, 0.29) is 36.4 Å². The number of hydrogen-bond donors (Lipinski definition) is 4. The molecule has 12 heteroatoms. The largest absolute Gasteiger partial charge is 0.508 e. The van der Waals surface area contributed by atoms with Crippen molar-refractivity contribution in [3.8, 4) is 5.75 Å². The topological polar surface area (TPSA) is 160 Å². The first-order chi connectivity index (χ1) is 19.7. The summed E-state index contributed by atoms with van der Waals surface area (Å²) in [5, 5.41) is 35.3. The van der Waals surface area contributed by atoms with Gasteiger partial charge in [0.25, 0.3) is 17.7 Å². The van der Waals surface area contributed by atoms with Crippen LogP contribution in [0.1, 0.15) is 62.0 Å². The monoisotopic (exact) mass is 584 g/mol. The summed E-state index contributed by atoms with van der Waals surface area (Å²) >= 11 is 0. The Morgan fingerprint density at radius 2 is 1.74 bits per heavy atom. The summed E-state index contributed by atoms with van der Waals surface area (Å²) in [7, 11) is 0. The molecule has 12 nitrogen and oxygen atoms in total. The zero-order valence-corrected chi connectivity index (χ0v) is 24.6. The van der Waals surface area contributed by atoms with Crippen LogP contribution >= 0.6 is 0 Å². The molecule has 1 aliphatic rings. The van der Waals surface area contributed by atoms with E-state index in [4.69, 9.17) is 4.74 Å². The fraction of sp³-hybridized carbons (Fsp3) is 0.467. The number of aliphatic hydroxyl groups excluding tert-OH is 2. The van der Waals surface area contributed by atoms with Crippen LogP contribution in [0.15, 0.2) is 48.5 Å². The van der Waals surface area contributed by atoms with Crippen LogP contribution in [-0.4, -0.2) is 91.1 Å². The Labute approximate surface area is 245 Å². The molecule has 42 heavy (non-hydrogen) atoms. The third-order valence-corrected chi connectivity index (χ3v) is 6.86. The molecule has 1 heterocycles. The van der Waals surface area contributed by atoms with Gasteiger partial charge in [0.1, 0.15) is 30.2 Å². The van der Waals surface area contributed by atoms with Crippen molar-refractivity contribution in [2.45, 2.75) is 77.8 Å². The van der Waals surface area contributed by atoms with Crippen molar-refractivity contribution in [1.29, 1.82) is 0 Å². The molecule has 1 saturated heterocycles. The molecule has 1 fully saturated rings. The first-order valence-corrected chi connectivity index (χ1v) is 13.8. The maximum atomic E-state index is 14.0. The Balaban J connectivity index is 1.95. The number of nitrogens with zero attached hydrogens (tertiary/aromatic N) is 3. The summed E-state index contributed by atoms with van der Waals surface area (Å²) in [6.45, 7) is 7.13. The molecular formula is C30H40N4O8. The molecule has 0 aromatic heterocycles. The van der Waals surface area contributed by atoms with Crippen LogP contribution in [0.5, 0.6) is 5.75 Å². The smallest absolute Gasteiger partial charge is 0.410 e. The molecule has 0 radical (unpaired) electrons. The normalized spacial score (nSPS) is 16.4. The van der Waals surface area contributed by atoms with Crippen LogP contribution in [0.4, 0.5) is 4.79 Å². The number of phenolic OH excluding ortho intramolecular Hbond substituents is 1. The summed E-state index contributed by atoms with van der Waals surface area (Å²) in [6.07, 6.45) is -1.29. The average Bonchev–Trinajstić information content (AvgIpc) is 3.42. The van der Waals surface area contributed by atoms with Crippen molar-refractivity contribution in [1.82, 2.24) is 20.2 Å². The Bertz CT molecular complexity index is 1280. The van der Waals surface area contributed by atoms with E-state index in [9.17, 15) is 34.5 Å². The van der Waals surface area contributed by atoms with Crippen LogP contribution in [0.3, 0.4) is 0 Å². The standard InChI is InChI=1S/C30H40N4O8/c1-19-22(13-9-15-24(19)37)26(38)31-25(20(2)36)28(40)33(17-21-11-7-6-8-12-21)34(18-35)27(39)23-14-10-16-32(23)29(41)42-30(3,4)5/h6-9,11-13,15,20,23,25,35-37H,10,14,16-18H2,1-5H3,(H,31,38)/t20-,23+,25+/m1/s1. The van der Waals surface area contributed by atoms with E-state index in [1.165, 1.54) is 36.9 Å². The number of rotatable bonds is 8. The molecule has 0 bridgehead atoms. The highest BCUT2D eigenvalue weighted by Gasteiger charge is 2.42. The predicted octanol–water partition coefficient (Wildman–Crippen LogP) is 2.30. The molecule has 0 unspecified atom stereocenters. The molecular weight excluding hydrogens is 544 g/mol. The SMILES string of the molecule is Cc1c(O)cccc1C(=O)N[C@H](C(=O)N(Cc1ccccc1)N(CO)C(=O)[C@@H]1CCCN1C(=O)OC(C)(C)C)[C@@H](C)O. The fourth-order valence-electron chi connectivity index (χ4n) is 4.68. The fourth-order valence-corrected chi connectivity index (χ4v) is 4.68. The number of carbonyl (C=O) groups is 4. The van der Waals surface area contributed by atoms with Crippen molar-refractivity contribution in [2.75, 3.05) is 13.3 Å². The number of benzene rings is 2. The summed E-state index contributed by atoms with van der Waals surface area (Å²) in [4.78, 5) is 55.2. The molecule has 228 valence electrons. The maximum absolute atomic E-state index is 14.0. The van der Waals surface area contributed by atoms with Crippen molar-refractivity contribution in [2.24, 2.45) is 0 Å². The van der Waals surface area contributed by atoms with Crippen LogP contribution in [0.2, 0.25) is 0 Å². The molecule has 2 aromatic rings. The highest BCUT2D eigenvalue weighted by molar-refractivity contribution is 5.99. The minimum atomic E-state index is -1.53. The summed E-state index contributed by atoms with van der Waals surface area (Å²) in [6, 6.07) is 10.5. The Morgan fingerprint density at radius 3 is 2.33 bits per heavy atom. The van der Waals surface area contributed by atoms with Crippen LogP contribution in [-0.2, 0) is 20.9 Å². The molecule has 1 aliphatic heterocycles. The van der Waals surface area contributed by atoms with Crippen LogP contribution in [0, 0.1) is 6.92 Å². The predicted molar refractivity (Wildman–Crippen MR) is 153 cm³/mol. The van der Waals surface area contributed by atoms with Crippen molar-refractivity contribution >= 4 is 23.8 Å². The quantitative estimate of drug-likeness (QED) is 0.272. The lowest BCUT2D eigenvalue weighted by atomic mass is 10.1. The van der Waals surface area contributed by atoms with Gasteiger partial charge in [-0.1, -0.05) is 36.4 Å². The number of aromatic hydroxyl groups is 1. The van der Waals surface area contributed by atoms with Crippen LogP contribution in [0.25, 0.3) is 0 Å². The molecule has 0 saturated carbocycles. The van der Waals surface area contributed by atoms with Gasteiger partial charge in [0.2, 0.25) is 0 Å². The van der Waals surface area contributed by atoms with E-state index >= 15 is 0 Å². The summed E-state index contributed by atoms with van der Waals surface area (Å²) < 4.78 is 5.47. The van der Waals surface area contributed by atoms with Crippen LogP contribution < -0.4 is 5.32 Å². The Kier molecular flexibility index (Phi) is 10.5. The molecule has 4 amide bonds. The van der Waals surface area contributed by atoms with E-state index in [0.717, 1.165) is 10.0 Å². The Hall–Kier alpha value is -4.16. The average molecular weight is 585 g/mol. The molecule has 3 rings (SSSR count). The minimum absolute atomic E-state index is 0.0945. The van der Waals surface area contributed by atoms with Gasteiger partial charge in [-0.05, 0) is 65.2 Å². The zero-order chi connectivity index (χ0) is 31.2. The van der Waals surface area contributed by atoms with Crippen molar-refractivity contribution in [3.05, 3.63) is 65.2 Å². The third kappa shape index (κ3) is 7.77. The highest BCUT2D eigenvalue weighted by Crippen LogP contribution is 2.25. The first-order valence-electron chi connectivity index (χ1n) is 13.8. The zero-order valence-electron chi connectivity index (χ0n) is 24.6. The van der Waals surface area contributed by atoms with Gasteiger partial charge in [-0.25, -0.2) is 14.8 Å². The number of hydrogen-bond acceptors (Lipinski definition) is 8. The number of hydrazine groups is 1. The number of carbonyl (C=O) groups excluding carboxylic acids is 4. The van der Waals surface area contributed by atoms with Gasteiger partial charge in [-0.15, -0.1) is 0 Å². The number of amides is 4. The Morgan fingerprint density at radius 1 is 1.07 bits per heavy atom. The first kappa shape index (κ1) is 32.4.